The van der Waals surface area contributed by atoms with Gasteiger partial charge in [0.15, 0.2) is 0 Å². The van der Waals surface area contributed by atoms with Gasteiger partial charge in [-0.25, -0.2) is 9.59 Å². The zero-order valence-corrected chi connectivity index (χ0v) is 18.0. The molecule has 0 saturated heterocycles. The second-order valence-electron chi connectivity index (χ2n) is 7.11. The first-order chi connectivity index (χ1) is 15.3. The maximum Gasteiger partial charge on any atom is 0.338 e. The second-order valence-corrected chi connectivity index (χ2v) is 7.11. The highest BCUT2D eigenvalue weighted by atomic mass is 16.6. The van der Waals surface area contributed by atoms with E-state index in [0.717, 1.165) is 5.56 Å². The lowest BCUT2D eigenvalue weighted by molar-refractivity contribution is -0.384. The van der Waals surface area contributed by atoms with E-state index in [1.807, 2.05) is 30.3 Å². The summed E-state index contributed by atoms with van der Waals surface area (Å²) in [6, 6.07) is 14.9. The first-order valence-electron chi connectivity index (χ1n) is 10.0. The molecule has 0 amide bonds. The van der Waals surface area contributed by atoms with Crippen LogP contribution in [0.25, 0.3) is 0 Å². The maximum atomic E-state index is 13.1. The summed E-state index contributed by atoms with van der Waals surface area (Å²) in [6.07, 6.45) is 0. The number of non-ortho nitro benzene ring substituents is 1. The minimum atomic E-state index is -0.939. The first-order valence-corrected chi connectivity index (χ1v) is 10.0. The van der Waals surface area contributed by atoms with Crippen LogP contribution in [0.3, 0.4) is 0 Å². The van der Waals surface area contributed by atoms with Crippen LogP contribution in [0, 0.1) is 10.1 Å². The van der Waals surface area contributed by atoms with Gasteiger partial charge in [0.2, 0.25) is 0 Å². The molecule has 0 bridgehead atoms. The van der Waals surface area contributed by atoms with Gasteiger partial charge in [-0.1, -0.05) is 42.5 Å². The summed E-state index contributed by atoms with van der Waals surface area (Å²) < 4.78 is 16.4. The quantitative estimate of drug-likeness (QED) is 0.355. The topological polar surface area (TPSA) is 105 Å². The molecule has 1 unspecified atom stereocenters. The highest BCUT2D eigenvalue weighted by Crippen LogP contribution is 2.42. The standard InChI is InChI=1S/C24H23NO7/c1-4-30-23(26)20-15(2)32-16(3)21(24(27)31-14-17-9-6-5-7-10-17)22(20)18-11-8-12-19(13-18)25(28)29/h5-13,22H,4,14H2,1-3H3. The Morgan fingerprint density at radius 3 is 2.19 bits per heavy atom. The summed E-state index contributed by atoms with van der Waals surface area (Å²) in [5, 5.41) is 11.3. The van der Waals surface area contributed by atoms with E-state index in [0.29, 0.717) is 5.56 Å². The van der Waals surface area contributed by atoms with Crippen LogP contribution in [0.15, 0.2) is 77.3 Å². The highest BCUT2D eigenvalue weighted by molar-refractivity contribution is 5.99. The molecule has 2 aromatic rings. The third-order valence-electron chi connectivity index (χ3n) is 4.98. The third-order valence-corrected chi connectivity index (χ3v) is 4.98. The van der Waals surface area contributed by atoms with Crippen molar-refractivity contribution in [3.8, 4) is 0 Å². The number of nitro benzene ring substituents is 1. The van der Waals surface area contributed by atoms with Crippen molar-refractivity contribution in [3.05, 3.63) is 98.5 Å². The average molecular weight is 437 g/mol. The molecule has 0 radical (unpaired) electrons. The fourth-order valence-electron chi connectivity index (χ4n) is 3.57. The summed E-state index contributed by atoms with van der Waals surface area (Å²) in [6.45, 7) is 4.99. The molecule has 0 N–H and O–H groups in total. The normalized spacial score (nSPS) is 15.8. The second kappa shape index (κ2) is 9.91. The number of benzene rings is 2. The molecule has 1 atom stereocenters. The number of allylic oxidation sites excluding steroid dienone is 2. The zero-order chi connectivity index (χ0) is 23.3. The number of rotatable bonds is 7. The van der Waals surface area contributed by atoms with Crippen LogP contribution in [0.4, 0.5) is 5.69 Å². The Bertz CT molecular complexity index is 1100. The Balaban J connectivity index is 2.05. The average Bonchev–Trinajstić information content (AvgIpc) is 2.77. The Labute approximate surface area is 185 Å². The number of hydrogen-bond acceptors (Lipinski definition) is 7. The number of nitrogens with zero attached hydrogens (tertiary/aromatic N) is 1. The van der Waals surface area contributed by atoms with Gasteiger partial charge in [0, 0.05) is 12.1 Å². The highest BCUT2D eigenvalue weighted by Gasteiger charge is 2.39. The summed E-state index contributed by atoms with van der Waals surface area (Å²) in [4.78, 5) is 36.7. The Hall–Kier alpha value is -3.94. The summed E-state index contributed by atoms with van der Waals surface area (Å²) in [5.41, 5.74) is 1.21. The summed E-state index contributed by atoms with van der Waals surface area (Å²) in [7, 11) is 0. The molecular weight excluding hydrogens is 414 g/mol. The van der Waals surface area contributed by atoms with Crippen LogP contribution in [0.5, 0.6) is 0 Å². The van der Waals surface area contributed by atoms with Crippen molar-refractivity contribution < 1.29 is 28.7 Å². The van der Waals surface area contributed by atoms with E-state index in [4.69, 9.17) is 14.2 Å². The Morgan fingerprint density at radius 2 is 1.59 bits per heavy atom. The van der Waals surface area contributed by atoms with E-state index in [1.165, 1.54) is 18.2 Å². The lowest BCUT2D eigenvalue weighted by Crippen LogP contribution is -2.27. The van der Waals surface area contributed by atoms with Gasteiger partial charge in [-0.3, -0.25) is 10.1 Å². The van der Waals surface area contributed by atoms with Gasteiger partial charge in [-0.05, 0) is 31.9 Å². The fourth-order valence-corrected chi connectivity index (χ4v) is 3.57. The maximum absolute atomic E-state index is 13.1. The molecule has 32 heavy (non-hydrogen) atoms. The van der Waals surface area contributed by atoms with Gasteiger partial charge < -0.3 is 14.2 Å². The van der Waals surface area contributed by atoms with Crippen LogP contribution in [-0.4, -0.2) is 23.5 Å². The van der Waals surface area contributed by atoms with Crippen molar-refractivity contribution in [2.45, 2.75) is 33.3 Å². The monoisotopic (exact) mass is 437 g/mol. The van der Waals surface area contributed by atoms with E-state index in [9.17, 15) is 19.7 Å². The summed E-state index contributed by atoms with van der Waals surface area (Å²) in [5.74, 6) is -1.77. The van der Waals surface area contributed by atoms with E-state index < -0.39 is 22.8 Å². The smallest absolute Gasteiger partial charge is 0.338 e. The SMILES string of the molecule is CCOC(=O)C1=C(C)OC(C)=C(C(=O)OCc2ccccc2)C1c1cccc([N+](=O)[O-])c1. The Morgan fingerprint density at radius 1 is 0.969 bits per heavy atom. The molecule has 1 aliphatic heterocycles. The van der Waals surface area contributed by atoms with Crippen molar-refractivity contribution in [1.29, 1.82) is 0 Å². The third kappa shape index (κ3) is 4.85. The predicted octanol–water partition coefficient (Wildman–Crippen LogP) is 4.56. The number of esters is 2. The largest absolute Gasteiger partial charge is 0.465 e. The molecule has 0 aliphatic carbocycles. The van der Waals surface area contributed by atoms with Crippen molar-refractivity contribution in [2.24, 2.45) is 0 Å². The van der Waals surface area contributed by atoms with Crippen LogP contribution in [0.2, 0.25) is 0 Å². The number of carbonyl (C=O) groups is 2. The fraction of sp³-hybridized carbons (Fsp3) is 0.250. The Kier molecular flexibility index (Phi) is 7.04. The molecule has 166 valence electrons. The zero-order valence-electron chi connectivity index (χ0n) is 18.0. The molecule has 0 aromatic heterocycles. The van der Waals surface area contributed by atoms with Crippen molar-refractivity contribution in [2.75, 3.05) is 6.61 Å². The minimum Gasteiger partial charge on any atom is -0.465 e. The van der Waals surface area contributed by atoms with E-state index >= 15 is 0 Å². The van der Waals surface area contributed by atoms with Gasteiger partial charge in [0.1, 0.15) is 18.1 Å². The molecule has 8 nitrogen and oxygen atoms in total. The van der Waals surface area contributed by atoms with Gasteiger partial charge in [-0.15, -0.1) is 0 Å². The molecule has 1 aliphatic rings. The van der Waals surface area contributed by atoms with Crippen molar-refractivity contribution in [3.63, 3.8) is 0 Å². The van der Waals surface area contributed by atoms with Crippen molar-refractivity contribution in [1.82, 2.24) is 0 Å². The van der Waals surface area contributed by atoms with Gasteiger partial charge in [-0.2, -0.15) is 0 Å². The number of carbonyl (C=O) groups excluding carboxylic acids is 2. The van der Waals surface area contributed by atoms with E-state index in [-0.39, 0.29) is 41.6 Å². The van der Waals surface area contributed by atoms with Crippen molar-refractivity contribution >= 4 is 17.6 Å². The van der Waals surface area contributed by atoms with E-state index in [2.05, 4.69) is 0 Å². The van der Waals surface area contributed by atoms with Crippen LogP contribution in [0.1, 0.15) is 37.8 Å². The molecule has 1 heterocycles. The van der Waals surface area contributed by atoms with Crippen LogP contribution in [-0.2, 0) is 30.4 Å². The molecule has 0 fully saturated rings. The molecule has 8 heteroatoms. The molecule has 2 aromatic carbocycles. The molecule has 0 saturated carbocycles. The molecule has 0 spiro atoms. The van der Waals surface area contributed by atoms with Crippen LogP contribution >= 0.6 is 0 Å². The first kappa shape index (κ1) is 22.7. The number of hydrogen-bond donors (Lipinski definition) is 0. The number of nitro groups is 1. The van der Waals surface area contributed by atoms with Gasteiger partial charge in [0.25, 0.3) is 5.69 Å². The number of ether oxygens (including phenoxy) is 3. The molecular formula is C24H23NO7. The van der Waals surface area contributed by atoms with Gasteiger partial charge >= 0.3 is 11.9 Å². The van der Waals surface area contributed by atoms with Gasteiger partial charge in [0.05, 0.1) is 28.6 Å². The van der Waals surface area contributed by atoms with E-state index in [1.54, 1.807) is 26.8 Å². The minimum absolute atomic E-state index is 0.0234. The van der Waals surface area contributed by atoms with Crippen LogP contribution < -0.4 is 0 Å². The summed E-state index contributed by atoms with van der Waals surface area (Å²) >= 11 is 0. The lowest BCUT2D eigenvalue weighted by Gasteiger charge is -2.29. The predicted molar refractivity (Wildman–Crippen MR) is 115 cm³/mol. The molecule has 3 rings (SSSR count). The lowest BCUT2D eigenvalue weighted by atomic mass is 9.81.